The summed E-state index contributed by atoms with van der Waals surface area (Å²) in [6.45, 7) is 0.301. The van der Waals surface area contributed by atoms with Crippen molar-refractivity contribution in [2.75, 3.05) is 0 Å². The molecular weight excluding hydrogens is 340 g/mol. The van der Waals surface area contributed by atoms with E-state index in [0.717, 1.165) is 16.0 Å². The summed E-state index contributed by atoms with van der Waals surface area (Å²) in [7, 11) is 0. The first-order chi connectivity index (χ1) is 11.5. The van der Waals surface area contributed by atoms with E-state index in [1.807, 2.05) is 24.3 Å². The zero-order valence-electron chi connectivity index (χ0n) is 12.3. The molecule has 1 aromatic carbocycles. The summed E-state index contributed by atoms with van der Waals surface area (Å²) >= 11 is 1.19. The summed E-state index contributed by atoms with van der Waals surface area (Å²) in [6.07, 6.45) is -3.75. The smallest absolute Gasteiger partial charge is 0.326 e. The first-order valence-corrected chi connectivity index (χ1v) is 7.94. The number of carboxylic acid groups (broad SMARTS) is 1. The van der Waals surface area contributed by atoms with Gasteiger partial charge in [0, 0.05) is 22.4 Å². The van der Waals surface area contributed by atoms with Gasteiger partial charge in [0.15, 0.2) is 0 Å². The van der Waals surface area contributed by atoms with Gasteiger partial charge in [0.2, 0.25) is 6.43 Å². The second-order valence-electron chi connectivity index (χ2n) is 5.24. The van der Waals surface area contributed by atoms with Gasteiger partial charge in [0.05, 0.1) is 4.88 Å². The molecule has 0 spiro atoms. The molecule has 3 rings (SSSR count). The summed E-state index contributed by atoms with van der Waals surface area (Å²) in [5.74, 6) is -1.46. The predicted molar refractivity (Wildman–Crippen MR) is 83.6 cm³/mol. The van der Waals surface area contributed by atoms with Crippen LogP contribution in [0.15, 0.2) is 30.3 Å². The number of halogens is 2. The maximum absolute atomic E-state index is 12.4. The Bertz CT molecular complexity index is 790. The number of carbonyl (C=O) groups excluding carboxylic acids is 1. The van der Waals surface area contributed by atoms with E-state index in [1.165, 1.54) is 11.3 Å². The van der Waals surface area contributed by atoms with Crippen molar-refractivity contribution in [3.8, 4) is 16.2 Å². The van der Waals surface area contributed by atoms with E-state index >= 15 is 0 Å². The molecule has 1 atom stereocenters. The summed E-state index contributed by atoms with van der Waals surface area (Å²) in [5.41, 5.74) is 1.66. The Labute approximate surface area is 139 Å². The summed E-state index contributed by atoms with van der Waals surface area (Å²) < 4.78 is 30.4. The van der Waals surface area contributed by atoms with E-state index in [0.29, 0.717) is 12.4 Å². The fourth-order valence-electron chi connectivity index (χ4n) is 2.44. The fourth-order valence-corrected chi connectivity index (χ4v) is 3.54. The number of fused-ring (bicyclic) bond motifs is 3. The molecule has 2 aromatic rings. The Morgan fingerprint density at radius 1 is 1.33 bits per heavy atom. The number of hydrogen-bond donors (Lipinski definition) is 2. The van der Waals surface area contributed by atoms with Crippen LogP contribution in [0.2, 0.25) is 0 Å². The highest BCUT2D eigenvalue weighted by atomic mass is 32.1. The number of para-hydroxylation sites is 1. The largest absolute Gasteiger partial charge is 0.488 e. The minimum absolute atomic E-state index is 0.265. The lowest BCUT2D eigenvalue weighted by Crippen LogP contribution is -2.41. The SMILES string of the molecule is O=C(NC(CC(F)F)C(=O)O)c1cc2c(s1)-c1ccccc1OC2. The van der Waals surface area contributed by atoms with E-state index in [2.05, 4.69) is 5.32 Å². The van der Waals surface area contributed by atoms with Crippen molar-refractivity contribution in [3.05, 3.63) is 40.8 Å². The maximum atomic E-state index is 12.4. The highest BCUT2D eigenvalue weighted by Gasteiger charge is 2.27. The molecule has 8 heteroatoms. The number of rotatable bonds is 5. The van der Waals surface area contributed by atoms with E-state index in [9.17, 15) is 18.4 Å². The molecule has 0 fully saturated rings. The van der Waals surface area contributed by atoms with Crippen LogP contribution in [0, 0.1) is 0 Å². The molecule has 5 nitrogen and oxygen atoms in total. The van der Waals surface area contributed by atoms with E-state index in [-0.39, 0.29) is 4.88 Å². The van der Waals surface area contributed by atoms with Crippen LogP contribution in [0.1, 0.15) is 21.7 Å². The second-order valence-corrected chi connectivity index (χ2v) is 6.29. The van der Waals surface area contributed by atoms with Crippen LogP contribution in [-0.2, 0) is 11.4 Å². The maximum Gasteiger partial charge on any atom is 0.326 e. The quantitative estimate of drug-likeness (QED) is 0.866. The Hall–Kier alpha value is -2.48. The molecule has 126 valence electrons. The number of carboxylic acids is 1. The van der Waals surface area contributed by atoms with Crippen LogP contribution in [0.4, 0.5) is 8.78 Å². The topological polar surface area (TPSA) is 75.6 Å². The lowest BCUT2D eigenvalue weighted by molar-refractivity contribution is -0.140. The monoisotopic (exact) mass is 353 g/mol. The fraction of sp³-hybridized carbons (Fsp3) is 0.250. The average Bonchev–Trinajstić information content (AvgIpc) is 2.98. The van der Waals surface area contributed by atoms with Gasteiger partial charge in [0.1, 0.15) is 18.4 Å². The van der Waals surface area contributed by atoms with Gasteiger partial charge in [-0.3, -0.25) is 4.79 Å². The van der Waals surface area contributed by atoms with Gasteiger partial charge in [-0.05, 0) is 18.2 Å². The van der Waals surface area contributed by atoms with Crippen molar-refractivity contribution >= 4 is 23.2 Å². The van der Waals surface area contributed by atoms with Crippen LogP contribution in [-0.4, -0.2) is 29.5 Å². The van der Waals surface area contributed by atoms with Gasteiger partial charge >= 0.3 is 5.97 Å². The molecule has 24 heavy (non-hydrogen) atoms. The third-order valence-corrected chi connectivity index (χ3v) is 4.77. The first-order valence-electron chi connectivity index (χ1n) is 7.12. The third-order valence-electron chi connectivity index (χ3n) is 3.56. The van der Waals surface area contributed by atoms with Gasteiger partial charge < -0.3 is 15.2 Å². The Balaban J connectivity index is 1.83. The molecule has 0 radical (unpaired) electrons. The number of amides is 1. The zero-order chi connectivity index (χ0) is 17.3. The molecule has 0 bridgehead atoms. The Morgan fingerprint density at radius 3 is 2.79 bits per heavy atom. The molecule has 1 amide bonds. The molecule has 1 aliphatic heterocycles. The van der Waals surface area contributed by atoms with Gasteiger partial charge in [-0.15, -0.1) is 11.3 Å². The molecule has 2 N–H and O–H groups in total. The summed E-state index contributed by atoms with van der Waals surface area (Å²) in [4.78, 5) is 24.3. The van der Waals surface area contributed by atoms with E-state index in [1.54, 1.807) is 6.07 Å². The van der Waals surface area contributed by atoms with Crippen LogP contribution in [0.25, 0.3) is 10.4 Å². The van der Waals surface area contributed by atoms with Gasteiger partial charge in [-0.25, -0.2) is 13.6 Å². The predicted octanol–water partition coefficient (Wildman–Crippen LogP) is 3.15. The van der Waals surface area contributed by atoms with Crippen LogP contribution < -0.4 is 10.1 Å². The average molecular weight is 353 g/mol. The molecule has 0 aliphatic carbocycles. The number of nitrogens with one attached hydrogen (secondary N) is 1. The van der Waals surface area contributed by atoms with E-state index in [4.69, 9.17) is 9.84 Å². The van der Waals surface area contributed by atoms with Crippen molar-refractivity contribution in [1.29, 1.82) is 0 Å². The minimum atomic E-state index is -2.82. The number of carbonyl (C=O) groups is 2. The molecule has 0 saturated heterocycles. The molecular formula is C16H13F2NO4S. The number of ether oxygens (including phenoxy) is 1. The number of benzene rings is 1. The lowest BCUT2D eigenvalue weighted by Gasteiger charge is -2.16. The normalized spacial score (nSPS) is 13.6. The molecule has 1 unspecified atom stereocenters. The van der Waals surface area contributed by atoms with Crippen molar-refractivity contribution in [2.24, 2.45) is 0 Å². The van der Waals surface area contributed by atoms with Gasteiger partial charge in [0.25, 0.3) is 5.91 Å². The molecule has 2 heterocycles. The van der Waals surface area contributed by atoms with Crippen molar-refractivity contribution in [3.63, 3.8) is 0 Å². The van der Waals surface area contributed by atoms with Crippen LogP contribution in [0.5, 0.6) is 5.75 Å². The molecule has 0 saturated carbocycles. The lowest BCUT2D eigenvalue weighted by atomic mass is 10.1. The zero-order valence-corrected chi connectivity index (χ0v) is 13.1. The van der Waals surface area contributed by atoms with Gasteiger partial charge in [-0.2, -0.15) is 0 Å². The number of aliphatic carboxylic acids is 1. The highest BCUT2D eigenvalue weighted by Crippen LogP contribution is 2.42. The first kappa shape index (κ1) is 16.4. The Kier molecular flexibility index (Phi) is 4.48. The van der Waals surface area contributed by atoms with Crippen LogP contribution >= 0.6 is 11.3 Å². The molecule has 1 aliphatic rings. The summed E-state index contributed by atoms with van der Waals surface area (Å²) in [5, 5.41) is 11.1. The Morgan fingerprint density at radius 2 is 2.08 bits per heavy atom. The minimum Gasteiger partial charge on any atom is -0.488 e. The number of thiophene rings is 1. The molecule has 1 aromatic heterocycles. The van der Waals surface area contributed by atoms with E-state index < -0.39 is 30.8 Å². The van der Waals surface area contributed by atoms with Crippen molar-refractivity contribution < 1.29 is 28.2 Å². The standard InChI is InChI=1S/C16H13F2NO4S/c17-13(18)6-10(16(21)22)19-15(20)12-5-8-7-23-11-4-2-1-3-9(11)14(8)24-12/h1-5,10,13H,6-7H2,(H,19,20)(H,21,22). The van der Waals surface area contributed by atoms with Crippen molar-refractivity contribution in [1.82, 2.24) is 5.32 Å². The highest BCUT2D eigenvalue weighted by molar-refractivity contribution is 7.17. The van der Waals surface area contributed by atoms with Crippen LogP contribution in [0.3, 0.4) is 0 Å². The van der Waals surface area contributed by atoms with Gasteiger partial charge in [-0.1, -0.05) is 12.1 Å². The number of alkyl halides is 2. The summed E-state index contributed by atoms with van der Waals surface area (Å²) in [6, 6.07) is 7.35. The third kappa shape index (κ3) is 3.23. The van der Waals surface area contributed by atoms with Crippen molar-refractivity contribution in [2.45, 2.75) is 25.5 Å². The second kappa shape index (κ2) is 6.56. The number of hydrogen-bond acceptors (Lipinski definition) is 4.